The lowest BCUT2D eigenvalue weighted by Gasteiger charge is -2.23. The summed E-state index contributed by atoms with van der Waals surface area (Å²) in [7, 11) is 0. The van der Waals surface area contributed by atoms with E-state index in [0.717, 1.165) is 22.2 Å². The summed E-state index contributed by atoms with van der Waals surface area (Å²) >= 11 is 6.95. The van der Waals surface area contributed by atoms with Crippen molar-refractivity contribution in [2.45, 2.75) is 18.9 Å². The maximum Gasteiger partial charge on any atom is 0.128 e. The minimum atomic E-state index is 0.615. The molecule has 1 fully saturated rings. The van der Waals surface area contributed by atoms with Crippen LogP contribution in [-0.4, -0.2) is 22.9 Å². The molecule has 76 valence electrons. The van der Waals surface area contributed by atoms with E-state index in [4.69, 9.17) is 0 Å². The lowest BCUT2D eigenvalue weighted by molar-refractivity contribution is 0.741. The maximum atomic E-state index is 4.42. The number of pyridine rings is 1. The van der Waals surface area contributed by atoms with Gasteiger partial charge in [0.1, 0.15) is 5.82 Å². The van der Waals surface area contributed by atoms with Crippen LogP contribution in [0.15, 0.2) is 22.8 Å². The molecule has 0 saturated carbocycles. The Kier molecular flexibility index (Phi) is 3.44. The van der Waals surface area contributed by atoms with Gasteiger partial charge in [-0.25, -0.2) is 4.98 Å². The Bertz CT molecular complexity index is 299. The van der Waals surface area contributed by atoms with Gasteiger partial charge in [-0.15, -0.1) is 0 Å². The minimum absolute atomic E-state index is 0.615. The Balaban J connectivity index is 2.17. The monoisotopic (exact) mass is 318 g/mol. The first kappa shape index (κ1) is 10.4. The van der Waals surface area contributed by atoms with Gasteiger partial charge in [0, 0.05) is 28.6 Å². The third kappa shape index (κ3) is 2.11. The topological polar surface area (TPSA) is 16.1 Å². The normalized spacial score (nSPS) is 21.6. The van der Waals surface area contributed by atoms with Crippen molar-refractivity contribution in [3.8, 4) is 0 Å². The first-order valence-electron chi connectivity index (χ1n) is 4.75. The van der Waals surface area contributed by atoms with E-state index in [1.165, 1.54) is 12.8 Å². The second-order valence-electron chi connectivity index (χ2n) is 3.48. The fourth-order valence-corrected chi connectivity index (χ4v) is 2.74. The van der Waals surface area contributed by atoms with Gasteiger partial charge >= 0.3 is 0 Å². The van der Waals surface area contributed by atoms with Crippen LogP contribution in [0, 0.1) is 0 Å². The molecule has 14 heavy (non-hydrogen) atoms. The second kappa shape index (κ2) is 4.62. The molecular formula is C10H12Br2N2. The lowest BCUT2D eigenvalue weighted by Crippen LogP contribution is -2.30. The lowest BCUT2D eigenvalue weighted by atomic mass is 10.2. The van der Waals surface area contributed by atoms with E-state index >= 15 is 0 Å². The van der Waals surface area contributed by atoms with E-state index in [0.29, 0.717) is 6.04 Å². The fourth-order valence-electron chi connectivity index (χ4n) is 1.84. The molecule has 2 heterocycles. The van der Waals surface area contributed by atoms with Gasteiger partial charge < -0.3 is 4.90 Å². The summed E-state index contributed by atoms with van der Waals surface area (Å²) in [5.74, 6) is 1.09. The van der Waals surface area contributed by atoms with Gasteiger partial charge in [-0.3, -0.25) is 0 Å². The van der Waals surface area contributed by atoms with Gasteiger partial charge in [0.2, 0.25) is 0 Å². The number of hydrogen-bond acceptors (Lipinski definition) is 2. The predicted molar refractivity (Wildman–Crippen MR) is 66.1 cm³/mol. The molecule has 1 saturated heterocycles. The van der Waals surface area contributed by atoms with Crippen molar-refractivity contribution in [1.82, 2.24) is 4.98 Å². The molecule has 0 amide bonds. The Morgan fingerprint density at radius 3 is 3.00 bits per heavy atom. The fraction of sp³-hybridized carbons (Fsp3) is 0.500. The van der Waals surface area contributed by atoms with Crippen molar-refractivity contribution in [2.75, 3.05) is 16.8 Å². The summed E-state index contributed by atoms with van der Waals surface area (Å²) in [6.45, 7) is 1.13. The Morgan fingerprint density at radius 1 is 1.50 bits per heavy atom. The summed E-state index contributed by atoms with van der Waals surface area (Å²) in [5, 5.41) is 1.03. The molecule has 0 spiro atoms. The van der Waals surface area contributed by atoms with Crippen LogP contribution in [0.25, 0.3) is 0 Å². The number of nitrogens with zero attached hydrogens (tertiary/aromatic N) is 2. The second-order valence-corrected chi connectivity index (χ2v) is 5.04. The van der Waals surface area contributed by atoms with Crippen LogP contribution >= 0.6 is 31.9 Å². The molecule has 2 nitrogen and oxygen atoms in total. The van der Waals surface area contributed by atoms with Crippen LogP contribution in [0.4, 0.5) is 5.82 Å². The molecule has 1 aromatic rings. The molecule has 1 aliphatic rings. The SMILES string of the molecule is BrCC1CCCN1c1ccc(Br)cn1. The summed E-state index contributed by atoms with van der Waals surface area (Å²) < 4.78 is 1.04. The van der Waals surface area contributed by atoms with Gasteiger partial charge in [-0.05, 0) is 40.9 Å². The highest BCUT2D eigenvalue weighted by Gasteiger charge is 2.24. The summed E-state index contributed by atoms with van der Waals surface area (Å²) in [4.78, 5) is 6.79. The third-order valence-corrected chi connectivity index (χ3v) is 3.78. The molecule has 0 radical (unpaired) electrons. The van der Waals surface area contributed by atoms with E-state index < -0.39 is 0 Å². The molecule has 1 unspecified atom stereocenters. The number of anilines is 1. The van der Waals surface area contributed by atoms with Gasteiger partial charge in [0.05, 0.1) is 0 Å². The average Bonchev–Trinajstić information content (AvgIpc) is 2.67. The van der Waals surface area contributed by atoms with E-state index in [2.05, 4.69) is 47.8 Å². The molecule has 4 heteroatoms. The first-order chi connectivity index (χ1) is 6.81. The van der Waals surface area contributed by atoms with Crippen molar-refractivity contribution >= 4 is 37.7 Å². The zero-order chi connectivity index (χ0) is 9.97. The van der Waals surface area contributed by atoms with Crippen molar-refractivity contribution in [3.63, 3.8) is 0 Å². The smallest absolute Gasteiger partial charge is 0.128 e. The number of aromatic nitrogens is 1. The Hall–Kier alpha value is -0.0900. The average molecular weight is 320 g/mol. The molecular weight excluding hydrogens is 308 g/mol. The van der Waals surface area contributed by atoms with Gasteiger partial charge in [-0.1, -0.05) is 15.9 Å². The standard InChI is InChI=1S/C10H12Br2N2/c11-6-9-2-1-5-14(9)10-4-3-8(12)7-13-10/h3-4,7,9H,1-2,5-6H2. The van der Waals surface area contributed by atoms with Crippen molar-refractivity contribution in [2.24, 2.45) is 0 Å². The van der Waals surface area contributed by atoms with E-state index in [-0.39, 0.29) is 0 Å². The van der Waals surface area contributed by atoms with Crippen molar-refractivity contribution in [3.05, 3.63) is 22.8 Å². The molecule has 0 N–H and O–H groups in total. The van der Waals surface area contributed by atoms with Crippen LogP contribution in [-0.2, 0) is 0 Å². The number of halogens is 2. The van der Waals surface area contributed by atoms with Gasteiger partial charge in [-0.2, -0.15) is 0 Å². The molecule has 1 atom stereocenters. The highest BCUT2D eigenvalue weighted by molar-refractivity contribution is 9.10. The molecule has 0 bridgehead atoms. The number of alkyl halides is 1. The van der Waals surface area contributed by atoms with Crippen molar-refractivity contribution in [1.29, 1.82) is 0 Å². The van der Waals surface area contributed by atoms with Crippen LogP contribution in [0.5, 0.6) is 0 Å². The molecule has 1 aliphatic heterocycles. The van der Waals surface area contributed by atoms with Crippen LogP contribution in [0.1, 0.15) is 12.8 Å². The highest BCUT2D eigenvalue weighted by Crippen LogP contribution is 2.25. The Labute approximate surface area is 101 Å². The van der Waals surface area contributed by atoms with Crippen molar-refractivity contribution < 1.29 is 0 Å². The van der Waals surface area contributed by atoms with Gasteiger partial charge in [0.15, 0.2) is 0 Å². The molecule has 2 rings (SSSR count). The van der Waals surface area contributed by atoms with Gasteiger partial charge in [0.25, 0.3) is 0 Å². The number of hydrogen-bond donors (Lipinski definition) is 0. The molecule has 0 aliphatic carbocycles. The zero-order valence-electron chi connectivity index (χ0n) is 7.79. The predicted octanol–water partition coefficient (Wildman–Crippen LogP) is 3.21. The molecule has 1 aromatic heterocycles. The summed E-state index contributed by atoms with van der Waals surface area (Å²) in [5.41, 5.74) is 0. The quantitative estimate of drug-likeness (QED) is 0.778. The molecule has 0 aromatic carbocycles. The van der Waals surface area contributed by atoms with Crippen LogP contribution in [0.3, 0.4) is 0 Å². The minimum Gasteiger partial charge on any atom is -0.353 e. The zero-order valence-corrected chi connectivity index (χ0v) is 11.0. The third-order valence-electron chi connectivity index (χ3n) is 2.56. The Morgan fingerprint density at radius 2 is 2.36 bits per heavy atom. The van der Waals surface area contributed by atoms with E-state index in [1.54, 1.807) is 0 Å². The summed E-state index contributed by atoms with van der Waals surface area (Å²) in [6.07, 6.45) is 4.40. The van der Waals surface area contributed by atoms with E-state index in [9.17, 15) is 0 Å². The van der Waals surface area contributed by atoms with Crippen LogP contribution < -0.4 is 4.90 Å². The summed E-state index contributed by atoms with van der Waals surface area (Å²) in [6, 6.07) is 4.74. The first-order valence-corrected chi connectivity index (χ1v) is 6.67. The largest absolute Gasteiger partial charge is 0.353 e. The maximum absolute atomic E-state index is 4.42. The number of rotatable bonds is 2. The highest BCUT2D eigenvalue weighted by atomic mass is 79.9. The van der Waals surface area contributed by atoms with E-state index in [1.807, 2.05) is 12.3 Å². The van der Waals surface area contributed by atoms with Crippen LogP contribution in [0.2, 0.25) is 0 Å².